The van der Waals surface area contributed by atoms with E-state index in [9.17, 15) is 4.79 Å². The normalized spacial score (nSPS) is 42.4. The Morgan fingerprint density at radius 1 is 1.06 bits per heavy atom. The van der Waals surface area contributed by atoms with Gasteiger partial charge in [0.15, 0.2) is 0 Å². The maximum atomic E-state index is 12.1. The zero-order chi connectivity index (χ0) is 12.4. The van der Waals surface area contributed by atoms with E-state index in [2.05, 4.69) is 31.4 Å². The van der Waals surface area contributed by atoms with Crippen molar-refractivity contribution in [1.29, 1.82) is 0 Å². The van der Waals surface area contributed by atoms with Gasteiger partial charge in [-0.05, 0) is 50.0 Å². The standard InChI is InChI=1S/C14H26N2O/c1-9-4-5-12(8-11(9)3)16-14(17)13-10(2)6-7-15-13/h9-13,15H,4-8H2,1-3H3,(H,16,17). The van der Waals surface area contributed by atoms with Crippen molar-refractivity contribution in [2.24, 2.45) is 17.8 Å². The topological polar surface area (TPSA) is 41.1 Å². The molecule has 2 aliphatic rings. The number of nitrogens with one attached hydrogen (secondary N) is 2. The van der Waals surface area contributed by atoms with Crippen LogP contribution in [0.3, 0.4) is 0 Å². The fourth-order valence-corrected chi connectivity index (χ4v) is 3.16. The Morgan fingerprint density at radius 2 is 1.82 bits per heavy atom. The molecule has 5 atom stereocenters. The first kappa shape index (κ1) is 12.9. The molecule has 2 rings (SSSR count). The zero-order valence-electron chi connectivity index (χ0n) is 11.3. The van der Waals surface area contributed by atoms with Crippen molar-refractivity contribution in [2.75, 3.05) is 6.54 Å². The smallest absolute Gasteiger partial charge is 0.237 e. The summed E-state index contributed by atoms with van der Waals surface area (Å²) in [4.78, 5) is 12.1. The summed E-state index contributed by atoms with van der Waals surface area (Å²) in [7, 11) is 0. The summed E-state index contributed by atoms with van der Waals surface area (Å²) in [5.41, 5.74) is 0. The molecule has 0 aromatic rings. The first-order valence-electron chi connectivity index (χ1n) is 7.11. The van der Waals surface area contributed by atoms with Crippen LogP contribution in [0.25, 0.3) is 0 Å². The van der Waals surface area contributed by atoms with Gasteiger partial charge in [-0.3, -0.25) is 4.79 Å². The van der Waals surface area contributed by atoms with Gasteiger partial charge in [0.1, 0.15) is 0 Å². The molecule has 2 N–H and O–H groups in total. The third-order valence-corrected chi connectivity index (χ3v) is 4.76. The lowest BCUT2D eigenvalue weighted by Crippen LogP contribution is -2.48. The molecule has 0 bridgehead atoms. The van der Waals surface area contributed by atoms with Gasteiger partial charge >= 0.3 is 0 Å². The molecule has 0 aromatic heterocycles. The van der Waals surface area contributed by atoms with Crippen LogP contribution < -0.4 is 10.6 Å². The summed E-state index contributed by atoms with van der Waals surface area (Å²) in [5.74, 6) is 2.26. The minimum atomic E-state index is 0.0460. The molecule has 3 nitrogen and oxygen atoms in total. The highest BCUT2D eigenvalue weighted by Crippen LogP contribution is 2.29. The van der Waals surface area contributed by atoms with Crippen LogP contribution in [-0.4, -0.2) is 24.5 Å². The van der Waals surface area contributed by atoms with E-state index in [1.165, 1.54) is 6.42 Å². The second kappa shape index (κ2) is 5.38. The Hall–Kier alpha value is -0.570. The van der Waals surface area contributed by atoms with Crippen LogP contribution in [0.2, 0.25) is 0 Å². The lowest BCUT2D eigenvalue weighted by Gasteiger charge is -2.33. The van der Waals surface area contributed by atoms with Gasteiger partial charge in [-0.15, -0.1) is 0 Å². The summed E-state index contributed by atoms with van der Waals surface area (Å²) >= 11 is 0. The molecule has 0 radical (unpaired) electrons. The highest BCUT2D eigenvalue weighted by molar-refractivity contribution is 5.82. The molecule has 1 saturated heterocycles. The molecular weight excluding hydrogens is 212 g/mol. The van der Waals surface area contributed by atoms with E-state index in [0.717, 1.165) is 37.6 Å². The molecule has 17 heavy (non-hydrogen) atoms. The Bertz CT molecular complexity index is 279. The van der Waals surface area contributed by atoms with Crippen LogP contribution in [0.4, 0.5) is 0 Å². The highest BCUT2D eigenvalue weighted by Gasteiger charge is 2.32. The molecule has 1 heterocycles. The molecular formula is C14H26N2O. The Kier molecular flexibility index (Phi) is 4.08. The van der Waals surface area contributed by atoms with Gasteiger partial charge in [0, 0.05) is 6.04 Å². The van der Waals surface area contributed by atoms with Crippen LogP contribution >= 0.6 is 0 Å². The van der Waals surface area contributed by atoms with Crippen LogP contribution in [-0.2, 0) is 4.79 Å². The van der Waals surface area contributed by atoms with Crippen molar-refractivity contribution in [3.63, 3.8) is 0 Å². The van der Waals surface area contributed by atoms with Gasteiger partial charge < -0.3 is 10.6 Å². The number of rotatable bonds is 2. The largest absolute Gasteiger partial charge is 0.352 e. The summed E-state index contributed by atoms with van der Waals surface area (Å²) in [6, 6.07) is 0.452. The molecule has 1 amide bonds. The number of amides is 1. The predicted octanol–water partition coefficient (Wildman–Crippen LogP) is 1.93. The molecule has 0 aromatic carbocycles. The van der Waals surface area contributed by atoms with Gasteiger partial charge in [0.25, 0.3) is 0 Å². The van der Waals surface area contributed by atoms with E-state index in [1.54, 1.807) is 0 Å². The van der Waals surface area contributed by atoms with Crippen LogP contribution in [0.1, 0.15) is 46.5 Å². The second-order valence-electron chi connectivity index (χ2n) is 6.17. The summed E-state index contributed by atoms with van der Waals surface area (Å²) in [6.07, 6.45) is 4.67. The number of carbonyl (C=O) groups is 1. The lowest BCUT2D eigenvalue weighted by atomic mass is 9.79. The zero-order valence-corrected chi connectivity index (χ0v) is 11.3. The molecule has 0 spiro atoms. The SMILES string of the molecule is CC1CCC(NC(=O)C2NCCC2C)CC1C. The van der Waals surface area contributed by atoms with Crippen molar-refractivity contribution < 1.29 is 4.79 Å². The summed E-state index contributed by atoms with van der Waals surface area (Å²) in [5, 5.41) is 6.54. The maximum absolute atomic E-state index is 12.1. The van der Waals surface area contributed by atoms with Crippen LogP contribution in [0, 0.1) is 17.8 Å². The van der Waals surface area contributed by atoms with E-state index in [1.807, 2.05) is 0 Å². The molecule has 5 unspecified atom stereocenters. The number of carbonyl (C=O) groups excluding carboxylic acids is 1. The monoisotopic (exact) mass is 238 g/mol. The molecule has 2 fully saturated rings. The lowest BCUT2D eigenvalue weighted by molar-refractivity contribution is -0.124. The third-order valence-electron chi connectivity index (χ3n) is 4.76. The third kappa shape index (κ3) is 3.01. The van der Waals surface area contributed by atoms with E-state index in [4.69, 9.17) is 0 Å². The van der Waals surface area contributed by atoms with Gasteiger partial charge in [-0.1, -0.05) is 20.8 Å². The second-order valence-corrected chi connectivity index (χ2v) is 6.17. The van der Waals surface area contributed by atoms with Crippen molar-refractivity contribution in [3.05, 3.63) is 0 Å². The summed E-state index contributed by atoms with van der Waals surface area (Å²) in [6.45, 7) is 7.77. The first-order valence-corrected chi connectivity index (χ1v) is 7.11. The number of hydrogen-bond acceptors (Lipinski definition) is 2. The van der Waals surface area contributed by atoms with Crippen molar-refractivity contribution in [3.8, 4) is 0 Å². The van der Waals surface area contributed by atoms with Gasteiger partial charge in [0.05, 0.1) is 6.04 Å². The first-order chi connectivity index (χ1) is 8.08. The van der Waals surface area contributed by atoms with Crippen molar-refractivity contribution in [2.45, 2.75) is 58.5 Å². The average molecular weight is 238 g/mol. The van der Waals surface area contributed by atoms with E-state index >= 15 is 0 Å². The van der Waals surface area contributed by atoms with Crippen LogP contribution in [0.5, 0.6) is 0 Å². The summed E-state index contributed by atoms with van der Waals surface area (Å²) < 4.78 is 0. The molecule has 1 aliphatic carbocycles. The Balaban J connectivity index is 1.82. The van der Waals surface area contributed by atoms with Gasteiger partial charge in [0.2, 0.25) is 5.91 Å². The van der Waals surface area contributed by atoms with Crippen molar-refractivity contribution in [1.82, 2.24) is 10.6 Å². The van der Waals surface area contributed by atoms with Gasteiger partial charge in [-0.2, -0.15) is 0 Å². The highest BCUT2D eigenvalue weighted by atomic mass is 16.2. The quantitative estimate of drug-likeness (QED) is 0.772. The minimum absolute atomic E-state index is 0.0460. The average Bonchev–Trinajstić information content (AvgIpc) is 2.70. The molecule has 1 aliphatic heterocycles. The van der Waals surface area contributed by atoms with Gasteiger partial charge in [-0.25, -0.2) is 0 Å². The molecule has 1 saturated carbocycles. The predicted molar refractivity (Wildman–Crippen MR) is 69.7 cm³/mol. The van der Waals surface area contributed by atoms with Crippen LogP contribution in [0.15, 0.2) is 0 Å². The molecule has 3 heteroatoms. The van der Waals surface area contributed by atoms with E-state index in [-0.39, 0.29) is 11.9 Å². The minimum Gasteiger partial charge on any atom is -0.352 e. The Labute approximate surface area is 105 Å². The van der Waals surface area contributed by atoms with E-state index < -0.39 is 0 Å². The molecule has 98 valence electrons. The number of hydrogen-bond donors (Lipinski definition) is 2. The fraction of sp³-hybridized carbons (Fsp3) is 0.929. The Morgan fingerprint density at radius 3 is 2.41 bits per heavy atom. The maximum Gasteiger partial charge on any atom is 0.237 e. The van der Waals surface area contributed by atoms with Crippen molar-refractivity contribution >= 4 is 5.91 Å². The van der Waals surface area contributed by atoms with E-state index in [0.29, 0.717) is 12.0 Å². The fourth-order valence-electron chi connectivity index (χ4n) is 3.16.